The summed E-state index contributed by atoms with van der Waals surface area (Å²) in [6.07, 6.45) is 4.91. The van der Waals surface area contributed by atoms with Crippen molar-refractivity contribution in [3.05, 3.63) is 22.4 Å². The number of carbonyl (C=O) groups excluding carboxylic acids is 1. The van der Waals surface area contributed by atoms with Gasteiger partial charge in [0.1, 0.15) is 0 Å². The molecule has 116 valence electrons. The molecule has 0 radical (unpaired) electrons. The molecule has 1 aromatic rings. The van der Waals surface area contributed by atoms with Crippen LogP contribution in [0.4, 0.5) is 0 Å². The van der Waals surface area contributed by atoms with Crippen molar-refractivity contribution in [3.63, 3.8) is 0 Å². The Morgan fingerprint density at radius 2 is 2.33 bits per heavy atom. The van der Waals surface area contributed by atoms with E-state index in [1.807, 2.05) is 5.38 Å². The van der Waals surface area contributed by atoms with Crippen LogP contribution in [0.15, 0.2) is 16.8 Å². The van der Waals surface area contributed by atoms with E-state index in [2.05, 4.69) is 16.8 Å². The van der Waals surface area contributed by atoms with Gasteiger partial charge in [0.05, 0.1) is 18.8 Å². The van der Waals surface area contributed by atoms with Crippen molar-refractivity contribution >= 4 is 17.2 Å². The van der Waals surface area contributed by atoms with E-state index in [4.69, 9.17) is 9.47 Å². The first-order chi connectivity index (χ1) is 10.3. The van der Waals surface area contributed by atoms with Crippen LogP contribution in [0.3, 0.4) is 0 Å². The van der Waals surface area contributed by atoms with Gasteiger partial charge < -0.3 is 14.8 Å². The van der Waals surface area contributed by atoms with Gasteiger partial charge in [-0.2, -0.15) is 11.3 Å². The van der Waals surface area contributed by atoms with Gasteiger partial charge in [0.2, 0.25) is 5.91 Å². The third-order valence-electron chi connectivity index (χ3n) is 4.10. The van der Waals surface area contributed by atoms with E-state index in [9.17, 15) is 4.79 Å². The van der Waals surface area contributed by atoms with Gasteiger partial charge in [-0.15, -0.1) is 0 Å². The minimum atomic E-state index is 0.00692. The largest absolute Gasteiger partial charge is 0.379 e. The van der Waals surface area contributed by atoms with Gasteiger partial charge in [0, 0.05) is 19.6 Å². The van der Waals surface area contributed by atoms with Gasteiger partial charge in [-0.05, 0) is 54.0 Å². The molecule has 2 aliphatic rings. The minimum absolute atomic E-state index is 0.00692. The summed E-state index contributed by atoms with van der Waals surface area (Å²) >= 11 is 1.67. The maximum absolute atomic E-state index is 12.1. The smallest absolute Gasteiger partial charge is 0.220 e. The molecule has 3 rings (SSSR count). The Labute approximate surface area is 129 Å². The predicted molar refractivity (Wildman–Crippen MR) is 82.5 cm³/mol. The number of amides is 1. The molecule has 2 heterocycles. The van der Waals surface area contributed by atoms with Crippen LogP contribution in [0.2, 0.25) is 0 Å². The first-order valence-electron chi connectivity index (χ1n) is 7.81. The SMILES string of the molecule is O=C(CCc1ccsc1)N[C@@H]1COCC[C@@H]1OCC1CC1. The highest BCUT2D eigenvalue weighted by Crippen LogP contribution is 2.30. The quantitative estimate of drug-likeness (QED) is 0.841. The summed E-state index contributed by atoms with van der Waals surface area (Å²) in [5.41, 5.74) is 1.23. The second-order valence-corrected chi connectivity index (χ2v) is 6.76. The maximum Gasteiger partial charge on any atom is 0.220 e. The third kappa shape index (κ3) is 4.80. The number of thiophene rings is 1. The molecule has 2 fully saturated rings. The standard InChI is InChI=1S/C16H23NO3S/c18-16(4-3-13-6-8-21-11-13)17-14-10-19-7-5-15(14)20-9-12-1-2-12/h6,8,11-12,14-15H,1-5,7,9-10H2,(H,17,18)/t14-,15+/m1/s1. The molecule has 1 N–H and O–H groups in total. The molecule has 21 heavy (non-hydrogen) atoms. The average molecular weight is 309 g/mol. The van der Waals surface area contributed by atoms with Crippen LogP contribution in [-0.2, 0) is 20.7 Å². The fourth-order valence-electron chi connectivity index (χ4n) is 2.57. The Morgan fingerprint density at radius 1 is 1.43 bits per heavy atom. The van der Waals surface area contributed by atoms with E-state index in [-0.39, 0.29) is 18.1 Å². The van der Waals surface area contributed by atoms with Crippen LogP contribution in [0.5, 0.6) is 0 Å². The van der Waals surface area contributed by atoms with E-state index >= 15 is 0 Å². The highest BCUT2D eigenvalue weighted by atomic mass is 32.1. The fraction of sp³-hybridized carbons (Fsp3) is 0.688. The van der Waals surface area contributed by atoms with Gasteiger partial charge in [-0.1, -0.05) is 0 Å². The number of hydrogen-bond donors (Lipinski definition) is 1. The molecule has 1 saturated carbocycles. The molecule has 0 bridgehead atoms. The number of nitrogens with one attached hydrogen (secondary N) is 1. The lowest BCUT2D eigenvalue weighted by molar-refractivity contribution is -0.126. The van der Waals surface area contributed by atoms with Crippen LogP contribution in [0.25, 0.3) is 0 Å². The molecule has 1 aliphatic heterocycles. The molecule has 1 aromatic heterocycles. The van der Waals surface area contributed by atoms with Crippen molar-refractivity contribution in [2.75, 3.05) is 19.8 Å². The lowest BCUT2D eigenvalue weighted by atomic mass is 10.1. The van der Waals surface area contributed by atoms with Gasteiger partial charge >= 0.3 is 0 Å². The van der Waals surface area contributed by atoms with Crippen LogP contribution >= 0.6 is 11.3 Å². The number of aryl methyl sites for hydroxylation is 1. The summed E-state index contributed by atoms with van der Waals surface area (Å²) in [4.78, 5) is 12.1. The van der Waals surface area contributed by atoms with Crippen LogP contribution in [0, 0.1) is 5.92 Å². The second-order valence-electron chi connectivity index (χ2n) is 5.98. The topological polar surface area (TPSA) is 47.6 Å². The predicted octanol–water partition coefficient (Wildman–Crippen LogP) is 2.38. The highest BCUT2D eigenvalue weighted by molar-refractivity contribution is 7.07. The molecular formula is C16H23NO3S. The number of carbonyl (C=O) groups is 1. The molecule has 5 heteroatoms. The van der Waals surface area contributed by atoms with Crippen molar-refractivity contribution in [2.24, 2.45) is 5.92 Å². The zero-order valence-electron chi connectivity index (χ0n) is 12.3. The maximum atomic E-state index is 12.1. The van der Waals surface area contributed by atoms with Crippen molar-refractivity contribution in [2.45, 2.75) is 44.2 Å². The van der Waals surface area contributed by atoms with E-state index < -0.39 is 0 Å². The van der Waals surface area contributed by atoms with E-state index in [1.54, 1.807) is 11.3 Å². The fourth-order valence-corrected chi connectivity index (χ4v) is 3.27. The minimum Gasteiger partial charge on any atom is -0.379 e. The van der Waals surface area contributed by atoms with E-state index in [1.165, 1.54) is 18.4 Å². The Balaban J connectivity index is 1.42. The average Bonchev–Trinajstić information content (AvgIpc) is 3.18. The summed E-state index contributed by atoms with van der Waals surface area (Å²) in [5, 5.41) is 7.23. The van der Waals surface area contributed by atoms with Crippen molar-refractivity contribution in [3.8, 4) is 0 Å². The van der Waals surface area contributed by atoms with Gasteiger partial charge in [0.25, 0.3) is 0 Å². The highest BCUT2D eigenvalue weighted by Gasteiger charge is 2.30. The zero-order valence-corrected chi connectivity index (χ0v) is 13.1. The van der Waals surface area contributed by atoms with Crippen LogP contribution in [-0.4, -0.2) is 37.9 Å². The lowest BCUT2D eigenvalue weighted by Gasteiger charge is -2.32. The van der Waals surface area contributed by atoms with Crippen molar-refractivity contribution < 1.29 is 14.3 Å². The van der Waals surface area contributed by atoms with Crippen molar-refractivity contribution in [1.29, 1.82) is 0 Å². The Bertz CT molecular complexity index is 444. The number of ether oxygens (including phenoxy) is 2. The summed E-state index contributed by atoms with van der Waals surface area (Å²) in [5.74, 6) is 0.847. The molecule has 0 unspecified atom stereocenters. The molecule has 2 atom stereocenters. The first kappa shape index (κ1) is 15.0. The Kier molecular flexibility index (Phi) is 5.27. The molecular weight excluding hydrogens is 286 g/mol. The molecule has 0 aromatic carbocycles. The molecule has 1 amide bonds. The molecule has 4 nitrogen and oxygen atoms in total. The summed E-state index contributed by atoms with van der Waals surface area (Å²) < 4.78 is 11.5. The molecule has 1 aliphatic carbocycles. The van der Waals surface area contributed by atoms with Gasteiger partial charge in [0.15, 0.2) is 0 Å². The van der Waals surface area contributed by atoms with Gasteiger partial charge in [-0.3, -0.25) is 4.79 Å². The normalized spacial score (nSPS) is 25.7. The lowest BCUT2D eigenvalue weighted by Crippen LogP contribution is -2.50. The Hall–Kier alpha value is -0.910. The number of hydrogen-bond acceptors (Lipinski definition) is 4. The van der Waals surface area contributed by atoms with E-state index in [0.717, 1.165) is 32.0 Å². The summed E-state index contributed by atoms with van der Waals surface area (Å²) in [6, 6.07) is 2.08. The summed E-state index contributed by atoms with van der Waals surface area (Å²) in [6.45, 7) is 2.14. The number of rotatable bonds is 7. The van der Waals surface area contributed by atoms with Crippen LogP contribution in [0.1, 0.15) is 31.2 Å². The van der Waals surface area contributed by atoms with Crippen molar-refractivity contribution in [1.82, 2.24) is 5.32 Å². The van der Waals surface area contributed by atoms with Crippen LogP contribution < -0.4 is 5.32 Å². The summed E-state index contributed by atoms with van der Waals surface area (Å²) in [7, 11) is 0. The zero-order chi connectivity index (χ0) is 14.5. The van der Waals surface area contributed by atoms with E-state index in [0.29, 0.717) is 13.0 Å². The first-order valence-corrected chi connectivity index (χ1v) is 8.75. The third-order valence-corrected chi connectivity index (χ3v) is 4.84. The molecule has 1 saturated heterocycles. The Morgan fingerprint density at radius 3 is 3.10 bits per heavy atom. The second kappa shape index (κ2) is 7.38. The monoisotopic (exact) mass is 309 g/mol. The molecule has 0 spiro atoms. The van der Waals surface area contributed by atoms with Gasteiger partial charge in [-0.25, -0.2) is 0 Å².